The minimum atomic E-state index is 1.15. The van der Waals surface area contributed by atoms with Crippen LogP contribution in [0.15, 0.2) is 194 Å². The van der Waals surface area contributed by atoms with Crippen molar-refractivity contribution in [1.29, 1.82) is 0 Å². The summed E-state index contributed by atoms with van der Waals surface area (Å²) in [6, 6.07) is 70.4. The lowest BCUT2D eigenvalue weighted by atomic mass is 9.99. The Morgan fingerprint density at radius 2 is 0.760 bits per heavy atom. The fourth-order valence-corrected chi connectivity index (χ4v) is 7.83. The molecule has 0 saturated carbocycles. The maximum absolute atomic E-state index is 2.46. The fourth-order valence-electron chi connectivity index (χ4n) is 7.83. The molecule has 2 aromatic heterocycles. The second kappa shape index (κ2) is 11.5. The molecule has 234 valence electrons. The van der Waals surface area contributed by atoms with Crippen molar-refractivity contribution in [2.24, 2.45) is 0 Å². The molecule has 0 fully saturated rings. The molecule has 0 amide bonds. The number of hydrogen-bond acceptors (Lipinski definition) is 0. The van der Waals surface area contributed by atoms with Crippen molar-refractivity contribution >= 4 is 43.6 Å². The average Bonchev–Trinajstić information content (AvgIpc) is 3.71. The van der Waals surface area contributed by atoms with Gasteiger partial charge in [0.25, 0.3) is 0 Å². The molecule has 0 saturated heterocycles. The van der Waals surface area contributed by atoms with Gasteiger partial charge in [0.2, 0.25) is 0 Å². The Labute approximate surface area is 290 Å². The molecule has 50 heavy (non-hydrogen) atoms. The molecule has 0 aliphatic rings. The van der Waals surface area contributed by atoms with Gasteiger partial charge in [-0.25, -0.2) is 0 Å². The molecule has 0 bridgehead atoms. The largest absolute Gasteiger partial charge is 0.309 e. The van der Waals surface area contributed by atoms with Crippen molar-refractivity contribution in [3.8, 4) is 44.8 Å². The Kier molecular flexibility index (Phi) is 6.53. The fraction of sp³-hybridized carbons (Fsp3) is 0. The van der Waals surface area contributed by atoms with E-state index in [9.17, 15) is 0 Å². The highest BCUT2D eigenvalue weighted by Crippen LogP contribution is 2.41. The summed E-state index contributed by atoms with van der Waals surface area (Å²) in [5, 5.41) is 5.01. The first-order valence-corrected chi connectivity index (χ1v) is 17.2. The van der Waals surface area contributed by atoms with Gasteiger partial charge in [-0.2, -0.15) is 0 Å². The van der Waals surface area contributed by atoms with Gasteiger partial charge in [-0.3, -0.25) is 0 Å². The smallest absolute Gasteiger partial charge is 0.0619 e. The molecule has 2 nitrogen and oxygen atoms in total. The van der Waals surface area contributed by atoms with Crippen LogP contribution in [0, 0.1) is 0 Å². The van der Waals surface area contributed by atoms with E-state index in [1.165, 1.54) is 82.7 Å². The van der Waals surface area contributed by atoms with Crippen LogP contribution in [0.4, 0.5) is 0 Å². The number of para-hydroxylation sites is 3. The molecular formula is C48H32N2. The molecule has 2 heterocycles. The Bertz CT molecular complexity index is 2840. The summed E-state index contributed by atoms with van der Waals surface area (Å²) in [6.07, 6.45) is 0. The normalized spacial score (nSPS) is 11.6. The summed E-state index contributed by atoms with van der Waals surface area (Å²) in [4.78, 5) is 0. The quantitative estimate of drug-likeness (QED) is 0.178. The lowest BCUT2D eigenvalue weighted by molar-refractivity contribution is 1.18. The zero-order valence-electron chi connectivity index (χ0n) is 27.4. The second-order valence-corrected chi connectivity index (χ2v) is 13.0. The standard InChI is InChI=1S/C48H32N2/c1-4-14-33(15-5-1)35-18-12-21-39(30-35)50-47-29-27-37(32-44(47)42-24-13-23-40(48(42)50)34-16-6-2-7-17-34)36-26-28-46-43(31-36)41-22-10-11-25-45(41)49(46)38-19-8-3-9-20-38/h1-32H. The first-order chi connectivity index (χ1) is 24.8. The number of aromatic nitrogens is 2. The molecule has 0 aliphatic heterocycles. The highest BCUT2D eigenvalue weighted by Gasteiger charge is 2.19. The lowest BCUT2D eigenvalue weighted by Gasteiger charge is -2.13. The predicted octanol–water partition coefficient (Wildman–Crippen LogP) is 12.9. The lowest BCUT2D eigenvalue weighted by Crippen LogP contribution is -1.96. The van der Waals surface area contributed by atoms with Gasteiger partial charge in [0.1, 0.15) is 0 Å². The summed E-state index contributed by atoms with van der Waals surface area (Å²) in [7, 11) is 0. The van der Waals surface area contributed by atoms with Crippen LogP contribution >= 0.6 is 0 Å². The van der Waals surface area contributed by atoms with Crippen molar-refractivity contribution in [2.45, 2.75) is 0 Å². The van der Waals surface area contributed by atoms with Gasteiger partial charge in [-0.1, -0.05) is 140 Å². The molecule has 10 aromatic rings. The maximum Gasteiger partial charge on any atom is 0.0619 e. The molecule has 0 radical (unpaired) electrons. The van der Waals surface area contributed by atoms with Gasteiger partial charge in [-0.05, 0) is 82.4 Å². The molecule has 8 aromatic carbocycles. The molecule has 0 unspecified atom stereocenters. The number of rotatable bonds is 5. The maximum atomic E-state index is 2.46. The van der Waals surface area contributed by atoms with Gasteiger partial charge in [0.05, 0.1) is 22.1 Å². The summed E-state index contributed by atoms with van der Waals surface area (Å²) in [6.45, 7) is 0. The van der Waals surface area contributed by atoms with Crippen LogP contribution in [0.5, 0.6) is 0 Å². The van der Waals surface area contributed by atoms with Gasteiger partial charge < -0.3 is 9.13 Å². The SMILES string of the molecule is c1ccc(-c2cccc(-n3c4ccc(-c5ccc6c(c5)c5ccccc5n6-c5ccccc5)cc4c4cccc(-c5ccccc5)c43)c2)cc1. The van der Waals surface area contributed by atoms with E-state index in [2.05, 4.69) is 203 Å². The van der Waals surface area contributed by atoms with Crippen molar-refractivity contribution < 1.29 is 0 Å². The molecular weight excluding hydrogens is 605 g/mol. The molecule has 0 atom stereocenters. The third-order valence-electron chi connectivity index (χ3n) is 10.1. The van der Waals surface area contributed by atoms with Crippen LogP contribution in [0.2, 0.25) is 0 Å². The van der Waals surface area contributed by atoms with Crippen LogP contribution < -0.4 is 0 Å². The number of hydrogen-bond donors (Lipinski definition) is 0. The van der Waals surface area contributed by atoms with E-state index < -0.39 is 0 Å². The molecule has 0 N–H and O–H groups in total. The predicted molar refractivity (Wildman–Crippen MR) is 211 cm³/mol. The number of benzene rings is 8. The van der Waals surface area contributed by atoms with Gasteiger partial charge in [-0.15, -0.1) is 0 Å². The summed E-state index contributed by atoms with van der Waals surface area (Å²) < 4.78 is 4.83. The summed E-state index contributed by atoms with van der Waals surface area (Å²) >= 11 is 0. The van der Waals surface area contributed by atoms with Crippen LogP contribution in [-0.2, 0) is 0 Å². The van der Waals surface area contributed by atoms with Crippen molar-refractivity contribution in [3.05, 3.63) is 194 Å². The van der Waals surface area contributed by atoms with E-state index in [4.69, 9.17) is 0 Å². The minimum Gasteiger partial charge on any atom is -0.309 e. The van der Waals surface area contributed by atoms with Gasteiger partial charge >= 0.3 is 0 Å². The molecule has 10 rings (SSSR count). The molecule has 0 spiro atoms. The van der Waals surface area contributed by atoms with E-state index in [-0.39, 0.29) is 0 Å². The van der Waals surface area contributed by atoms with Crippen LogP contribution in [-0.4, -0.2) is 9.13 Å². The number of nitrogens with zero attached hydrogens (tertiary/aromatic N) is 2. The summed E-state index contributed by atoms with van der Waals surface area (Å²) in [5.74, 6) is 0. The molecule has 0 aliphatic carbocycles. The molecule has 2 heteroatoms. The van der Waals surface area contributed by atoms with Gasteiger partial charge in [0.15, 0.2) is 0 Å². The summed E-state index contributed by atoms with van der Waals surface area (Å²) in [5.41, 5.74) is 14.4. The highest BCUT2D eigenvalue weighted by atomic mass is 15.0. The minimum absolute atomic E-state index is 1.15. The Morgan fingerprint density at radius 1 is 0.260 bits per heavy atom. The van der Waals surface area contributed by atoms with E-state index in [0.717, 1.165) is 5.69 Å². The van der Waals surface area contributed by atoms with Crippen molar-refractivity contribution in [2.75, 3.05) is 0 Å². The first kappa shape index (κ1) is 28.4. The van der Waals surface area contributed by atoms with Crippen LogP contribution in [0.25, 0.3) is 88.4 Å². The average molecular weight is 637 g/mol. The van der Waals surface area contributed by atoms with E-state index >= 15 is 0 Å². The number of fused-ring (bicyclic) bond motifs is 6. The zero-order chi connectivity index (χ0) is 33.0. The highest BCUT2D eigenvalue weighted by molar-refractivity contribution is 6.15. The van der Waals surface area contributed by atoms with Crippen molar-refractivity contribution in [1.82, 2.24) is 9.13 Å². The van der Waals surface area contributed by atoms with E-state index in [1.54, 1.807) is 0 Å². The topological polar surface area (TPSA) is 9.86 Å². The Morgan fingerprint density at radius 3 is 1.50 bits per heavy atom. The Hall–Kier alpha value is -6.64. The van der Waals surface area contributed by atoms with Crippen molar-refractivity contribution in [3.63, 3.8) is 0 Å². The first-order valence-electron chi connectivity index (χ1n) is 17.2. The van der Waals surface area contributed by atoms with Gasteiger partial charge in [0, 0.05) is 38.5 Å². The van der Waals surface area contributed by atoms with Crippen LogP contribution in [0.3, 0.4) is 0 Å². The zero-order valence-corrected chi connectivity index (χ0v) is 27.4. The van der Waals surface area contributed by atoms with E-state index in [0.29, 0.717) is 0 Å². The monoisotopic (exact) mass is 636 g/mol. The Balaban J connectivity index is 1.21. The third-order valence-corrected chi connectivity index (χ3v) is 10.1. The second-order valence-electron chi connectivity index (χ2n) is 13.0. The van der Waals surface area contributed by atoms with Crippen LogP contribution in [0.1, 0.15) is 0 Å². The third kappa shape index (κ3) is 4.50. The van der Waals surface area contributed by atoms with E-state index in [1.807, 2.05) is 0 Å².